The van der Waals surface area contributed by atoms with Gasteiger partial charge in [-0.2, -0.15) is 0 Å². The first-order chi connectivity index (χ1) is 39.6. The molecule has 0 saturated heterocycles. The van der Waals surface area contributed by atoms with Crippen LogP contribution in [-0.2, 0) is 27.1 Å². The molecule has 0 aliphatic carbocycles. The van der Waals surface area contributed by atoms with Gasteiger partial charge in [0.05, 0.1) is 55.5 Å². The Balaban J connectivity index is 1.06. The van der Waals surface area contributed by atoms with Crippen molar-refractivity contribution < 1.29 is 0 Å². The summed E-state index contributed by atoms with van der Waals surface area (Å²) >= 11 is 8.41. The zero-order valence-corrected chi connectivity index (χ0v) is 52.8. The Morgan fingerprint density at radius 1 is 0.345 bits per heavy atom. The summed E-state index contributed by atoms with van der Waals surface area (Å²) in [5.41, 5.74) is 22.6. The number of anilines is 6. The van der Waals surface area contributed by atoms with Crippen LogP contribution in [0.3, 0.4) is 0 Å². The third-order valence-corrected chi connectivity index (χ3v) is 18.2. The summed E-state index contributed by atoms with van der Waals surface area (Å²) in [5.74, 6) is 0. The largest absolute Gasteiger partial charge is 0.309 e. The molecule has 4 nitrogen and oxygen atoms in total. The number of nitrogens with zero attached hydrogens (tertiary/aromatic N) is 4. The number of hydrogen-bond acceptors (Lipinski definition) is 2. The minimum atomic E-state index is -0.148. The molecule has 2 aromatic heterocycles. The van der Waals surface area contributed by atoms with Gasteiger partial charge in [-0.15, -0.1) is 0 Å². The van der Waals surface area contributed by atoms with E-state index in [-0.39, 0.29) is 27.1 Å². The van der Waals surface area contributed by atoms with Crippen LogP contribution < -0.4 is 9.80 Å². The lowest BCUT2D eigenvalue weighted by molar-refractivity contribution is 0.589. The second-order valence-corrected chi connectivity index (χ2v) is 29.5. The minimum absolute atomic E-state index is 0.0118. The standard InChI is InChI=1S/C79H79ClN4/c1-48-38-70(73(80)71(39-48)83-68-37-31-56(78(11,12)13)45-69(68)84-67-36-30-55(77(8,9)10)43-63(67)64-44-57(79(14,15)16)46-72(83)74(64)84)81(58-32-26-50(27-33-58)52-25-24-49-20-17-18-21-51(49)40-52)59-22-19-23-60(47-59)82-65-34-28-53(75(2,3)4)41-61(65)62-42-54(76(5,6)7)29-35-66(62)82/h17-47H,1-16H3. The number of rotatable bonds is 6. The SMILES string of the molecule is Cc1cc(N(c2ccc(-c3ccc4ccccc4c3)cc2)c2cccc(-n3c4ccc(C(C)(C)C)cc4c4cc(C(C)(C)C)ccc43)c2)c(Cl)c(N2c3ccc(C(C)(C)C)cc3-n3c4ccc(C(C)(C)C)cc4c4cc(C(C)(C)C)cc2c43)c1. The van der Waals surface area contributed by atoms with Gasteiger partial charge in [0, 0.05) is 38.6 Å². The molecule has 0 unspecified atom stereocenters. The lowest BCUT2D eigenvalue weighted by Gasteiger charge is -2.37. The van der Waals surface area contributed by atoms with Crippen LogP contribution in [0.5, 0.6) is 0 Å². The zero-order chi connectivity index (χ0) is 59.3. The molecule has 0 N–H and O–H groups in total. The van der Waals surface area contributed by atoms with Crippen LogP contribution in [0, 0.1) is 6.92 Å². The van der Waals surface area contributed by atoms with Gasteiger partial charge in [0.15, 0.2) is 0 Å². The Morgan fingerprint density at radius 3 is 1.43 bits per heavy atom. The van der Waals surface area contributed by atoms with Gasteiger partial charge in [-0.3, -0.25) is 0 Å². The lowest BCUT2D eigenvalue weighted by Crippen LogP contribution is -2.22. The molecular formula is C79H79ClN4. The maximum absolute atomic E-state index is 8.41. The molecule has 12 aromatic rings. The van der Waals surface area contributed by atoms with Gasteiger partial charge >= 0.3 is 0 Å². The first kappa shape index (κ1) is 55.2. The van der Waals surface area contributed by atoms with Crippen molar-refractivity contribution in [1.29, 1.82) is 0 Å². The first-order valence-corrected chi connectivity index (χ1v) is 30.5. The van der Waals surface area contributed by atoms with Gasteiger partial charge in [-0.25, -0.2) is 0 Å². The van der Waals surface area contributed by atoms with Gasteiger partial charge < -0.3 is 18.9 Å². The highest BCUT2D eigenvalue weighted by molar-refractivity contribution is 6.37. The molecule has 0 amide bonds. The molecule has 0 spiro atoms. The van der Waals surface area contributed by atoms with Crippen molar-refractivity contribution in [1.82, 2.24) is 9.13 Å². The van der Waals surface area contributed by atoms with E-state index < -0.39 is 0 Å². The molecule has 1 aliphatic rings. The van der Waals surface area contributed by atoms with E-state index in [9.17, 15) is 0 Å². The molecule has 3 heterocycles. The fourth-order valence-electron chi connectivity index (χ4n) is 12.9. The molecular weight excluding hydrogens is 1040 g/mol. The van der Waals surface area contributed by atoms with Gasteiger partial charge in [0.1, 0.15) is 0 Å². The third-order valence-electron chi connectivity index (χ3n) is 17.8. The normalized spacial score (nSPS) is 13.3. The van der Waals surface area contributed by atoms with Crippen molar-refractivity contribution in [2.24, 2.45) is 0 Å². The Bertz CT molecular complexity index is 4570. The molecule has 0 fully saturated rings. The predicted molar refractivity (Wildman–Crippen MR) is 364 cm³/mol. The van der Waals surface area contributed by atoms with E-state index >= 15 is 0 Å². The summed E-state index contributed by atoms with van der Waals surface area (Å²) in [6.07, 6.45) is 0. The highest BCUT2D eigenvalue weighted by Crippen LogP contribution is 2.56. The number of benzene rings is 10. The number of halogens is 1. The van der Waals surface area contributed by atoms with E-state index in [0.29, 0.717) is 5.02 Å². The van der Waals surface area contributed by atoms with Gasteiger partial charge in [0.25, 0.3) is 0 Å². The van der Waals surface area contributed by atoms with Crippen LogP contribution in [0.15, 0.2) is 188 Å². The predicted octanol–water partition coefficient (Wildman–Crippen LogP) is 23.4. The average molecular weight is 1120 g/mol. The van der Waals surface area contributed by atoms with E-state index in [1.54, 1.807) is 0 Å². The summed E-state index contributed by atoms with van der Waals surface area (Å²) in [5, 5.41) is 8.14. The monoisotopic (exact) mass is 1120 g/mol. The minimum Gasteiger partial charge on any atom is -0.309 e. The lowest BCUT2D eigenvalue weighted by atomic mass is 9.84. The zero-order valence-electron chi connectivity index (χ0n) is 52.1. The number of hydrogen-bond donors (Lipinski definition) is 0. The van der Waals surface area contributed by atoms with Crippen LogP contribution in [0.4, 0.5) is 34.1 Å². The van der Waals surface area contributed by atoms with Gasteiger partial charge in [-0.1, -0.05) is 194 Å². The van der Waals surface area contributed by atoms with Crippen molar-refractivity contribution in [3.8, 4) is 22.5 Å². The smallest absolute Gasteiger partial charge is 0.0887 e. The van der Waals surface area contributed by atoms with Crippen molar-refractivity contribution >= 4 is 100 Å². The van der Waals surface area contributed by atoms with Crippen molar-refractivity contribution in [3.63, 3.8) is 0 Å². The molecule has 10 aromatic carbocycles. The van der Waals surface area contributed by atoms with Crippen LogP contribution in [0.2, 0.25) is 5.02 Å². The first-order valence-electron chi connectivity index (χ1n) is 30.1. The second-order valence-electron chi connectivity index (χ2n) is 29.1. The van der Waals surface area contributed by atoms with Crippen molar-refractivity contribution in [3.05, 3.63) is 226 Å². The third kappa shape index (κ3) is 9.28. The fourth-order valence-corrected chi connectivity index (χ4v) is 13.1. The molecule has 84 heavy (non-hydrogen) atoms. The number of aromatic nitrogens is 2. The van der Waals surface area contributed by atoms with E-state index in [4.69, 9.17) is 11.6 Å². The van der Waals surface area contributed by atoms with Crippen LogP contribution in [0.25, 0.3) is 76.9 Å². The van der Waals surface area contributed by atoms with E-state index in [2.05, 4.69) is 318 Å². The Hall–Kier alpha value is -8.05. The Labute approximate surface area is 503 Å². The highest BCUT2D eigenvalue weighted by atomic mass is 35.5. The van der Waals surface area contributed by atoms with E-state index in [0.717, 1.165) is 56.6 Å². The van der Waals surface area contributed by atoms with E-state index in [1.807, 2.05) is 0 Å². The van der Waals surface area contributed by atoms with Crippen LogP contribution in [-0.4, -0.2) is 9.13 Å². The molecule has 0 bridgehead atoms. The average Bonchev–Trinajstić information content (AvgIpc) is 1.62. The summed E-state index contributed by atoms with van der Waals surface area (Å²) in [7, 11) is 0. The molecule has 13 rings (SSSR count). The molecule has 0 radical (unpaired) electrons. The van der Waals surface area contributed by atoms with Crippen LogP contribution >= 0.6 is 11.6 Å². The van der Waals surface area contributed by atoms with E-state index in [1.165, 1.54) is 87.8 Å². The Morgan fingerprint density at radius 2 is 0.845 bits per heavy atom. The van der Waals surface area contributed by atoms with Gasteiger partial charge in [0.2, 0.25) is 0 Å². The molecule has 422 valence electrons. The van der Waals surface area contributed by atoms with Crippen molar-refractivity contribution in [2.75, 3.05) is 9.80 Å². The molecule has 1 aliphatic heterocycles. The number of aryl methyl sites for hydroxylation is 1. The summed E-state index contributed by atoms with van der Waals surface area (Å²) in [6.45, 7) is 36.9. The van der Waals surface area contributed by atoms with Gasteiger partial charge in [-0.05, 0) is 198 Å². The second kappa shape index (κ2) is 19.2. The fraction of sp³-hybridized carbons (Fsp3) is 0.266. The Kier molecular flexibility index (Phi) is 12.6. The molecule has 0 atom stereocenters. The quantitative estimate of drug-likeness (QED) is 0.165. The maximum Gasteiger partial charge on any atom is 0.0887 e. The topological polar surface area (TPSA) is 16.3 Å². The van der Waals surface area contributed by atoms with Crippen LogP contribution in [0.1, 0.15) is 137 Å². The van der Waals surface area contributed by atoms with Crippen molar-refractivity contribution in [2.45, 2.75) is 138 Å². The molecule has 5 heteroatoms. The summed E-state index contributed by atoms with van der Waals surface area (Å²) in [4.78, 5) is 4.87. The molecule has 0 saturated carbocycles. The maximum atomic E-state index is 8.41. The highest BCUT2D eigenvalue weighted by Gasteiger charge is 2.35. The summed E-state index contributed by atoms with van der Waals surface area (Å²) in [6, 6.07) is 71.4. The summed E-state index contributed by atoms with van der Waals surface area (Å²) < 4.78 is 5.01. The number of fused-ring (bicyclic) bond motifs is 9.